The number of carbonyl (C=O) groups is 1. The van der Waals surface area contributed by atoms with Crippen LogP contribution in [0.2, 0.25) is 0 Å². The van der Waals surface area contributed by atoms with Gasteiger partial charge >= 0.3 is 0 Å². The lowest BCUT2D eigenvalue weighted by atomic mass is 9.96. The maximum absolute atomic E-state index is 12.2. The summed E-state index contributed by atoms with van der Waals surface area (Å²) >= 11 is 0. The van der Waals surface area contributed by atoms with E-state index in [1.807, 2.05) is 0 Å². The summed E-state index contributed by atoms with van der Waals surface area (Å²) in [6.07, 6.45) is 14.2. The van der Waals surface area contributed by atoms with Crippen LogP contribution in [0.1, 0.15) is 91.4 Å². The number of amides is 1. The number of nitrogens with zero attached hydrogens (tertiary/aromatic N) is 1. The van der Waals surface area contributed by atoms with Crippen LogP contribution in [0.3, 0.4) is 0 Å². The fourth-order valence-corrected chi connectivity index (χ4v) is 3.32. The average Bonchev–Trinajstić information content (AvgIpc) is 2.46. The summed E-state index contributed by atoms with van der Waals surface area (Å²) in [5, 5.41) is 3.23. The first kappa shape index (κ1) is 22.7. The second-order valence-electron chi connectivity index (χ2n) is 7.64. The highest BCUT2D eigenvalue weighted by Gasteiger charge is 2.21. The highest BCUT2D eigenvalue weighted by molar-refractivity contribution is 5.85. The van der Waals surface area contributed by atoms with Gasteiger partial charge in [0.2, 0.25) is 5.91 Å². The number of piperidine rings is 1. The zero-order valence-corrected chi connectivity index (χ0v) is 16.5. The van der Waals surface area contributed by atoms with E-state index in [1.54, 1.807) is 0 Å². The molecule has 3 nitrogen and oxygen atoms in total. The molecule has 1 saturated heterocycles. The van der Waals surface area contributed by atoms with Crippen LogP contribution in [0.15, 0.2) is 0 Å². The molecule has 1 aliphatic heterocycles. The molecule has 0 aliphatic carbocycles. The maximum Gasteiger partial charge on any atom is 0.234 e. The van der Waals surface area contributed by atoms with Gasteiger partial charge in [0.05, 0.1) is 6.54 Å². The van der Waals surface area contributed by atoms with Crippen LogP contribution in [0.5, 0.6) is 0 Å². The summed E-state index contributed by atoms with van der Waals surface area (Å²) in [5.74, 6) is 0.204. The standard InChI is InChI=1S/C19H38N2O.ClH/c1-4-5-6-7-8-9-11-14-19(2,3)20-18(22)17-21-15-12-10-13-16-21;/h4-17H2,1-3H3,(H,20,22);1H. The van der Waals surface area contributed by atoms with Gasteiger partial charge in [-0.1, -0.05) is 58.3 Å². The summed E-state index contributed by atoms with van der Waals surface area (Å²) in [6.45, 7) is 9.35. The van der Waals surface area contributed by atoms with E-state index in [1.165, 1.54) is 64.2 Å². The van der Waals surface area contributed by atoms with Gasteiger partial charge in [0.25, 0.3) is 0 Å². The monoisotopic (exact) mass is 346 g/mol. The SMILES string of the molecule is CCCCCCCCCC(C)(C)NC(=O)CN1CCCCC1.Cl. The van der Waals surface area contributed by atoms with Crippen LogP contribution >= 0.6 is 12.4 Å². The van der Waals surface area contributed by atoms with Crippen molar-refractivity contribution in [3.8, 4) is 0 Å². The Labute approximate surface area is 150 Å². The van der Waals surface area contributed by atoms with Gasteiger partial charge in [-0.3, -0.25) is 9.69 Å². The molecule has 1 N–H and O–H groups in total. The second kappa shape index (κ2) is 13.1. The van der Waals surface area contributed by atoms with E-state index in [0.717, 1.165) is 19.5 Å². The van der Waals surface area contributed by atoms with Crippen molar-refractivity contribution in [1.82, 2.24) is 10.2 Å². The summed E-state index contributed by atoms with van der Waals surface area (Å²) in [7, 11) is 0. The lowest BCUT2D eigenvalue weighted by Crippen LogP contribution is -2.48. The molecule has 1 fully saturated rings. The summed E-state index contributed by atoms with van der Waals surface area (Å²) < 4.78 is 0. The molecule has 0 aromatic carbocycles. The minimum atomic E-state index is -0.0592. The van der Waals surface area contributed by atoms with Crippen molar-refractivity contribution in [3.05, 3.63) is 0 Å². The van der Waals surface area contributed by atoms with E-state index in [0.29, 0.717) is 6.54 Å². The van der Waals surface area contributed by atoms with E-state index in [-0.39, 0.29) is 23.9 Å². The summed E-state index contributed by atoms with van der Waals surface area (Å²) in [5.41, 5.74) is -0.0592. The van der Waals surface area contributed by atoms with E-state index in [2.05, 4.69) is 31.0 Å². The molecular weight excluding hydrogens is 308 g/mol. The van der Waals surface area contributed by atoms with Crippen molar-refractivity contribution < 1.29 is 4.79 Å². The Morgan fingerprint density at radius 1 is 0.957 bits per heavy atom. The van der Waals surface area contributed by atoms with Crippen LogP contribution in [-0.2, 0) is 4.79 Å². The van der Waals surface area contributed by atoms with E-state index < -0.39 is 0 Å². The number of carbonyl (C=O) groups excluding carboxylic acids is 1. The molecule has 138 valence electrons. The highest BCUT2D eigenvalue weighted by atomic mass is 35.5. The Bertz CT molecular complexity index is 302. The van der Waals surface area contributed by atoms with E-state index >= 15 is 0 Å². The van der Waals surface area contributed by atoms with Gasteiger partial charge in [0.15, 0.2) is 0 Å². The van der Waals surface area contributed by atoms with Crippen molar-refractivity contribution in [3.63, 3.8) is 0 Å². The summed E-state index contributed by atoms with van der Waals surface area (Å²) in [6, 6.07) is 0. The molecule has 1 rings (SSSR count). The predicted molar refractivity (Wildman–Crippen MR) is 102 cm³/mol. The Morgan fingerprint density at radius 3 is 2.13 bits per heavy atom. The minimum absolute atomic E-state index is 0. The zero-order valence-electron chi connectivity index (χ0n) is 15.7. The number of halogens is 1. The normalized spacial score (nSPS) is 16.0. The first-order valence-electron chi connectivity index (χ1n) is 9.57. The Kier molecular flexibility index (Phi) is 12.9. The average molecular weight is 347 g/mol. The molecule has 0 radical (unpaired) electrons. The highest BCUT2D eigenvalue weighted by Crippen LogP contribution is 2.16. The lowest BCUT2D eigenvalue weighted by Gasteiger charge is -2.30. The number of rotatable bonds is 11. The van der Waals surface area contributed by atoms with Crippen LogP contribution in [-0.4, -0.2) is 36.0 Å². The molecule has 0 aromatic heterocycles. The van der Waals surface area contributed by atoms with Gasteiger partial charge in [0.1, 0.15) is 0 Å². The minimum Gasteiger partial charge on any atom is -0.350 e. The van der Waals surface area contributed by atoms with Crippen molar-refractivity contribution >= 4 is 18.3 Å². The molecule has 0 bridgehead atoms. The Hall–Kier alpha value is -0.280. The first-order valence-corrected chi connectivity index (χ1v) is 9.57. The van der Waals surface area contributed by atoms with Crippen molar-refractivity contribution in [2.24, 2.45) is 0 Å². The number of nitrogens with one attached hydrogen (secondary N) is 1. The van der Waals surface area contributed by atoms with Crippen LogP contribution < -0.4 is 5.32 Å². The molecule has 4 heteroatoms. The Morgan fingerprint density at radius 2 is 1.52 bits per heavy atom. The largest absolute Gasteiger partial charge is 0.350 e. The molecule has 0 saturated carbocycles. The fourth-order valence-electron chi connectivity index (χ4n) is 3.32. The number of likely N-dealkylation sites (tertiary alicyclic amines) is 1. The van der Waals surface area contributed by atoms with Gasteiger partial charge in [0, 0.05) is 5.54 Å². The van der Waals surface area contributed by atoms with Crippen LogP contribution in [0, 0.1) is 0 Å². The molecule has 1 amide bonds. The molecule has 0 spiro atoms. The molecule has 23 heavy (non-hydrogen) atoms. The fraction of sp³-hybridized carbons (Fsp3) is 0.947. The smallest absolute Gasteiger partial charge is 0.234 e. The molecular formula is C19H39ClN2O. The lowest BCUT2D eigenvalue weighted by molar-refractivity contribution is -0.124. The topological polar surface area (TPSA) is 32.3 Å². The molecule has 0 unspecified atom stereocenters. The van der Waals surface area contributed by atoms with E-state index in [4.69, 9.17) is 0 Å². The number of hydrogen-bond acceptors (Lipinski definition) is 2. The van der Waals surface area contributed by atoms with Gasteiger partial charge in [-0.15, -0.1) is 12.4 Å². The molecule has 0 atom stereocenters. The van der Waals surface area contributed by atoms with Crippen LogP contribution in [0.4, 0.5) is 0 Å². The maximum atomic E-state index is 12.2. The van der Waals surface area contributed by atoms with Gasteiger partial charge in [-0.2, -0.15) is 0 Å². The first-order chi connectivity index (χ1) is 10.5. The van der Waals surface area contributed by atoms with Gasteiger partial charge < -0.3 is 5.32 Å². The zero-order chi connectivity index (χ0) is 16.3. The predicted octanol–water partition coefficient (Wildman–Crippen LogP) is 4.93. The molecule has 1 heterocycles. The second-order valence-corrected chi connectivity index (χ2v) is 7.64. The van der Waals surface area contributed by atoms with Gasteiger partial charge in [-0.25, -0.2) is 0 Å². The van der Waals surface area contributed by atoms with Crippen molar-refractivity contribution in [2.75, 3.05) is 19.6 Å². The van der Waals surface area contributed by atoms with Crippen molar-refractivity contribution in [2.45, 2.75) is 96.9 Å². The Balaban J connectivity index is 0.00000484. The van der Waals surface area contributed by atoms with Gasteiger partial charge in [-0.05, 0) is 46.2 Å². The quantitative estimate of drug-likeness (QED) is 0.538. The molecule has 1 aliphatic rings. The number of hydrogen-bond donors (Lipinski definition) is 1. The number of unbranched alkanes of at least 4 members (excludes halogenated alkanes) is 6. The third kappa shape index (κ3) is 11.8. The van der Waals surface area contributed by atoms with Crippen LogP contribution in [0.25, 0.3) is 0 Å². The third-order valence-corrected chi connectivity index (χ3v) is 4.70. The third-order valence-electron chi connectivity index (χ3n) is 4.70. The van der Waals surface area contributed by atoms with E-state index in [9.17, 15) is 4.79 Å². The van der Waals surface area contributed by atoms with Crippen molar-refractivity contribution in [1.29, 1.82) is 0 Å². The molecule has 0 aromatic rings. The summed E-state index contributed by atoms with van der Waals surface area (Å²) in [4.78, 5) is 14.5.